The number of rotatable bonds is 5. The quantitative estimate of drug-likeness (QED) is 0.684. The third kappa shape index (κ3) is 3.52. The van der Waals surface area contributed by atoms with Gasteiger partial charge in [0.05, 0.1) is 12.1 Å². The van der Waals surface area contributed by atoms with Crippen LogP contribution in [0.4, 0.5) is 0 Å². The van der Waals surface area contributed by atoms with Gasteiger partial charge < -0.3 is 5.32 Å². The molecule has 1 saturated heterocycles. The second-order valence-corrected chi connectivity index (χ2v) is 3.92. The maximum atomic E-state index is 11.5. The van der Waals surface area contributed by atoms with Crippen LogP contribution in [0.15, 0.2) is 0 Å². The summed E-state index contributed by atoms with van der Waals surface area (Å²) in [4.78, 5) is 13.7. The summed E-state index contributed by atoms with van der Waals surface area (Å²) in [5.74, 6) is 0.132. The molecule has 0 radical (unpaired) electrons. The molecule has 1 rings (SSSR count). The minimum atomic E-state index is 0.0667. The first-order valence-electron chi connectivity index (χ1n) is 5.62. The van der Waals surface area contributed by atoms with Gasteiger partial charge in [-0.05, 0) is 38.8 Å². The highest BCUT2D eigenvalue weighted by Crippen LogP contribution is 2.17. The molecule has 1 heterocycles. The Balaban J connectivity index is 2.28. The van der Waals surface area contributed by atoms with E-state index in [4.69, 9.17) is 5.26 Å². The highest BCUT2D eigenvalue weighted by atomic mass is 16.2. The van der Waals surface area contributed by atoms with Crippen LogP contribution in [0.1, 0.15) is 32.1 Å². The third-order valence-corrected chi connectivity index (χ3v) is 2.90. The average molecular weight is 209 g/mol. The molecule has 0 aliphatic carbocycles. The SMILES string of the molecule is CNC(=O)C1CCCN1CCCCC#N. The van der Waals surface area contributed by atoms with Crippen LogP contribution >= 0.6 is 0 Å². The summed E-state index contributed by atoms with van der Waals surface area (Å²) in [6.45, 7) is 1.96. The molecule has 84 valence electrons. The molecule has 0 bridgehead atoms. The van der Waals surface area contributed by atoms with E-state index in [0.717, 1.165) is 38.8 Å². The number of unbranched alkanes of at least 4 members (excludes halogenated alkanes) is 2. The first-order valence-corrected chi connectivity index (χ1v) is 5.62. The zero-order chi connectivity index (χ0) is 11.1. The predicted molar refractivity (Wildman–Crippen MR) is 58.1 cm³/mol. The molecule has 0 aromatic heterocycles. The minimum Gasteiger partial charge on any atom is -0.358 e. The lowest BCUT2D eigenvalue weighted by atomic mass is 10.2. The fourth-order valence-electron chi connectivity index (χ4n) is 2.08. The summed E-state index contributed by atoms with van der Waals surface area (Å²) in [6, 6.07) is 2.21. The molecule has 1 aliphatic heterocycles. The van der Waals surface area contributed by atoms with E-state index in [9.17, 15) is 4.79 Å². The zero-order valence-corrected chi connectivity index (χ0v) is 9.33. The second-order valence-electron chi connectivity index (χ2n) is 3.92. The summed E-state index contributed by atoms with van der Waals surface area (Å²) < 4.78 is 0. The van der Waals surface area contributed by atoms with Gasteiger partial charge in [-0.15, -0.1) is 0 Å². The van der Waals surface area contributed by atoms with Gasteiger partial charge in [-0.1, -0.05) is 0 Å². The van der Waals surface area contributed by atoms with Crippen molar-refractivity contribution >= 4 is 5.91 Å². The summed E-state index contributed by atoms with van der Waals surface area (Å²) in [7, 11) is 1.69. The molecule has 1 N–H and O–H groups in total. The normalized spacial score (nSPS) is 21.2. The Morgan fingerprint density at radius 1 is 1.60 bits per heavy atom. The number of nitrogens with zero attached hydrogens (tertiary/aromatic N) is 2. The van der Waals surface area contributed by atoms with Crippen molar-refractivity contribution in [2.24, 2.45) is 0 Å². The van der Waals surface area contributed by atoms with Crippen LogP contribution < -0.4 is 5.32 Å². The Hall–Kier alpha value is -1.08. The molecule has 4 heteroatoms. The zero-order valence-electron chi connectivity index (χ0n) is 9.33. The molecule has 1 amide bonds. The number of hydrogen-bond acceptors (Lipinski definition) is 3. The standard InChI is InChI=1S/C11H19N3O/c1-13-11(15)10-6-5-9-14(10)8-4-2-3-7-12/h10H,2-6,8-9H2,1H3,(H,13,15). The molecule has 0 aromatic rings. The number of nitrogens with one attached hydrogen (secondary N) is 1. The van der Waals surface area contributed by atoms with Crippen molar-refractivity contribution in [2.75, 3.05) is 20.1 Å². The molecule has 0 saturated carbocycles. The van der Waals surface area contributed by atoms with Crippen molar-refractivity contribution in [2.45, 2.75) is 38.1 Å². The lowest BCUT2D eigenvalue weighted by molar-refractivity contribution is -0.124. The van der Waals surface area contributed by atoms with E-state index in [-0.39, 0.29) is 11.9 Å². The fourth-order valence-corrected chi connectivity index (χ4v) is 2.08. The first-order chi connectivity index (χ1) is 7.29. The van der Waals surface area contributed by atoms with Gasteiger partial charge in [-0.2, -0.15) is 5.26 Å². The number of likely N-dealkylation sites (N-methyl/N-ethyl adjacent to an activating group) is 1. The van der Waals surface area contributed by atoms with Gasteiger partial charge >= 0.3 is 0 Å². The van der Waals surface area contributed by atoms with Gasteiger partial charge in [0.1, 0.15) is 0 Å². The largest absolute Gasteiger partial charge is 0.358 e. The van der Waals surface area contributed by atoms with Gasteiger partial charge in [0.15, 0.2) is 0 Å². The van der Waals surface area contributed by atoms with Crippen LogP contribution in [-0.2, 0) is 4.79 Å². The lowest BCUT2D eigenvalue weighted by Crippen LogP contribution is -2.42. The van der Waals surface area contributed by atoms with Gasteiger partial charge in [-0.25, -0.2) is 0 Å². The Labute approximate surface area is 91.2 Å². The molecule has 15 heavy (non-hydrogen) atoms. The van der Waals surface area contributed by atoms with Crippen molar-refractivity contribution in [3.05, 3.63) is 0 Å². The van der Waals surface area contributed by atoms with Gasteiger partial charge in [0.2, 0.25) is 5.91 Å². The number of amides is 1. The maximum Gasteiger partial charge on any atom is 0.237 e. The molecule has 1 fully saturated rings. The van der Waals surface area contributed by atoms with E-state index < -0.39 is 0 Å². The molecular weight excluding hydrogens is 190 g/mol. The number of carbonyl (C=O) groups excluding carboxylic acids is 1. The van der Waals surface area contributed by atoms with E-state index in [0.29, 0.717) is 6.42 Å². The molecule has 1 unspecified atom stereocenters. The van der Waals surface area contributed by atoms with Crippen molar-refractivity contribution in [1.82, 2.24) is 10.2 Å². The topological polar surface area (TPSA) is 56.1 Å². The van der Waals surface area contributed by atoms with Crippen molar-refractivity contribution in [3.63, 3.8) is 0 Å². The van der Waals surface area contributed by atoms with Crippen LogP contribution in [0.25, 0.3) is 0 Å². The highest BCUT2D eigenvalue weighted by molar-refractivity contribution is 5.81. The Bertz CT molecular complexity index is 247. The van der Waals surface area contributed by atoms with Crippen LogP contribution in [0.5, 0.6) is 0 Å². The minimum absolute atomic E-state index is 0.0667. The van der Waals surface area contributed by atoms with Crippen LogP contribution in [-0.4, -0.2) is 37.0 Å². The third-order valence-electron chi connectivity index (χ3n) is 2.90. The van der Waals surface area contributed by atoms with E-state index in [1.807, 2.05) is 0 Å². The van der Waals surface area contributed by atoms with Gasteiger partial charge in [0, 0.05) is 13.5 Å². The number of hydrogen-bond donors (Lipinski definition) is 1. The number of nitriles is 1. The van der Waals surface area contributed by atoms with Crippen LogP contribution in [0, 0.1) is 11.3 Å². The highest BCUT2D eigenvalue weighted by Gasteiger charge is 2.29. The summed E-state index contributed by atoms with van der Waals surface area (Å²) in [5, 5.41) is 11.1. The van der Waals surface area contributed by atoms with Gasteiger partial charge in [0.25, 0.3) is 0 Å². The lowest BCUT2D eigenvalue weighted by Gasteiger charge is -2.22. The second kappa shape index (κ2) is 6.41. The maximum absolute atomic E-state index is 11.5. The number of carbonyl (C=O) groups is 1. The molecule has 0 spiro atoms. The Kier molecular flexibility index (Phi) is 5.13. The summed E-state index contributed by atoms with van der Waals surface area (Å²) >= 11 is 0. The first kappa shape index (κ1) is 12.0. The Morgan fingerprint density at radius 2 is 2.40 bits per heavy atom. The van der Waals surface area contributed by atoms with E-state index in [2.05, 4.69) is 16.3 Å². The molecule has 1 atom stereocenters. The predicted octanol–water partition coefficient (Wildman–Crippen LogP) is 0.891. The fraction of sp³-hybridized carbons (Fsp3) is 0.818. The van der Waals surface area contributed by atoms with E-state index >= 15 is 0 Å². The number of likely N-dealkylation sites (tertiary alicyclic amines) is 1. The summed E-state index contributed by atoms with van der Waals surface area (Å²) in [5.41, 5.74) is 0. The van der Waals surface area contributed by atoms with Crippen LogP contribution in [0.2, 0.25) is 0 Å². The molecular formula is C11H19N3O. The van der Waals surface area contributed by atoms with Crippen molar-refractivity contribution in [3.8, 4) is 6.07 Å². The van der Waals surface area contributed by atoms with Crippen molar-refractivity contribution < 1.29 is 4.79 Å². The van der Waals surface area contributed by atoms with Gasteiger partial charge in [-0.3, -0.25) is 9.69 Å². The van der Waals surface area contributed by atoms with E-state index in [1.54, 1.807) is 7.05 Å². The smallest absolute Gasteiger partial charge is 0.237 e. The average Bonchev–Trinajstić information content (AvgIpc) is 2.71. The van der Waals surface area contributed by atoms with E-state index in [1.165, 1.54) is 0 Å². The molecule has 1 aliphatic rings. The van der Waals surface area contributed by atoms with Crippen molar-refractivity contribution in [1.29, 1.82) is 5.26 Å². The summed E-state index contributed by atoms with van der Waals surface area (Å²) in [6.07, 6.45) is 4.65. The monoisotopic (exact) mass is 209 g/mol. The molecule has 4 nitrogen and oxygen atoms in total. The molecule has 0 aromatic carbocycles. The van der Waals surface area contributed by atoms with Crippen LogP contribution in [0.3, 0.4) is 0 Å². The Morgan fingerprint density at radius 3 is 3.07 bits per heavy atom.